The molecule has 9 aromatic rings. The average Bonchev–Trinajstić information content (AvgIpc) is 3.62. The molecule has 2 aliphatic rings. The van der Waals surface area contributed by atoms with Gasteiger partial charge in [-0.05, 0) is 105 Å². The Hall–Kier alpha value is -7.04. The Morgan fingerprint density at radius 1 is 0.328 bits per heavy atom. The Labute approximate surface area is 339 Å². The molecule has 0 fully saturated rings. The van der Waals surface area contributed by atoms with Crippen LogP contribution in [0, 0.1) is 0 Å². The summed E-state index contributed by atoms with van der Waals surface area (Å²) in [5.74, 6) is 0. The molecule has 0 aliphatic heterocycles. The lowest BCUT2D eigenvalue weighted by molar-refractivity contribution is 0.617. The molecule has 0 bridgehead atoms. The smallest absolute Gasteiger partial charge is 0.0933 e. The molecule has 0 amide bonds. The third-order valence-corrected chi connectivity index (χ3v) is 12.5. The highest BCUT2D eigenvalue weighted by Gasteiger charge is 2.45. The second kappa shape index (κ2) is 12.7. The number of para-hydroxylation sites is 2. The van der Waals surface area contributed by atoms with Gasteiger partial charge in [-0.3, -0.25) is 0 Å². The van der Waals surface area contributed by atoms with Crippen molar-refractivity contribution in [3.8, 4) is 22.5 Å². The predicted molar refractivity (Wildman–Crippen MR) is 242 cm³/mol. The van der Waals surface area contributed by atoms with Gasteiger partial charge in [-0.25, -0.2) is 9.97 Å². The maximum absolute atomic E-state index is 5.60. The van der Waals surface area contributed by atoms with E-state index in [2.05, 4.69) is 219 Å². The van der Waals surface area contributed by atoms with E-state index in [0.717, 1.165) is 68.0 Å². The normalized spacial score (nSPS) is 14.1. The second-order valence-corrected chi connectivity index (χ2v) is 16.7. The van der Waals surface area contributed by atoms with Gasteiger partial charge in [0, 0.05) is 56.1 Å². The zero-order valence-electron chi connectivity index (χ0n) is 33.1. The number of rotatable bonds is 6. The van der Waals surface area contributed by atoms with Crippen LogP contribution in [0.2, 0.25) is 0 Å². The van der Waals surface area contributed by atoms with Gasteiger partial charge in [-0.1, -0.05) is 137 Å². The van der Waals surface area contributed by atoms with Gasteiger partial charge in [0.15, 0.2) is 0 Å². The molecule has 8 aromatic carbocycles. The first-order chi connectivity index (χ1) is 28.3. The summed E-state index contributed by atoms with van der Waals surface area (Å²) in [5, 5.41) is 4.90. The van der Waals surface area contributed by atoms with E-state index in [9.17, 15) is 0 Å². The summed E-state index contributed by atoms with van der Waals surface area (Å²) in [7, 11) is 0. The monoisotopic (exact) mass is 746 g/mol. The summed E-state index contributed by atoms with van der Waals surface area (Å²) < 4.78 is 0. The molecule has 278 valence electrons. The first-order valence-corrected chi connectivity index (χ1v) is 20.2. The van der Waals surface area contributed by atoms with Crippen LogP contribution in [0.25, 0.3) is 44.1 Å². The van der Waals surface area contributed by atoms with Gasteiger partial charge >= 0.3 is 0 Å². The molecule has 4 heteroatoms. The fraction of sp³-hybridized carbons (Fsp3) is 0.111. The maximum Gasteiger partial charge on any atom is 0.0933 e. The first-order valence-electron chi connectivity index (χ1n) is 20.2. The number of anilines is 6. The van der Waals surface area contributed by atoms with Crippen molar-refractivity contribution in [2.24, 2.45) is 0 Å². The van der Waals surface area contributed by atoms with Crippen LogP contribution in [-0.4, -0.2) is 9.97 Å². The molecule has 2 aliphatic carbocycles. The Morgan fingerprint density at radius 3 is 1.09 bits per heavy atom. The fourth-order valence-corrected chi connectivity index (χ4v) is 9.41. The van der Waals surface area contributed by atoms with Gasteiger partial charge in [-0.2, -0.15) is 0 Å². The summed E-state index contributed by atoms with van der Waals surface area (Å²) >= 11 is 0. The van der Waals surface area contributed by atoms with E-state index in [4.69, 9.17) is 9.97 Å². The largest absolute Gasteiger partial charge is 0.310 e. The van der Waals surface area contributed by atoms with E-state index in [1.54, 1.807) is 0 Å². The number of fused-ring (bicyclic) bond motifs is 8. The first kappa shape index (κ1) is 34.2. The van der Waals surface area contributed by atoms with E-state index in [0.29, 0.717) is 0 Å². The highest BCUT2D eigenvalue weighted by molar-refractivity contribution is 5.92. The highest BCUT2D eigenvalue weighted by Crippen LogP contribution is 2.55. The van der Waals surface area contributed by atoms with E-state index in [1.807, 2.05) is 0 Å². The van der Waals surface area contributed by atoms with Crippen molar-refractivity contribution >= 4 is 55.7 Å². The van der Waals surface area contributed by atoms with E-state index in [1.165, 1.54) is 32.7 Å². The van der Waals surface area contributed by atoms with Crippen molar-refractivity contribution < 1.29 is 0 Å². The molecule has 58 heavy (non-hydrogen) atoms. The van der Waals surface area contributed by atoms with Gasteiger partial charge in [0.05, 0.1) is 22.8 Å². The third-order valence-electron chi connectivity index (χ3n) is 12.5. The van der Waals surface area contributed by atoms with E-state index in [-0.39, 0.29) is 10.8 Å². The van der Waals surface area contributed by atoms with Crippen molar-refractivity contribution in [3.63, 3.8) is 0 Å². The van der Waals surface area contributed by atoms with Crippen LogP contribution in [-0.2, 0) is 10.8 Å². The molecule has 0 N–H and O–H groups in total. The van der Waals surface area contributed by atoms with Crippen LogP contribution >= 0.6 is 0 Å². The number of benzene rings is 8. The zero-order chi connectivity index (χ0) is 39.2. The number of nitrogens with zero attached hydrogens (tertiary/aromatic N) is 4. The third kappa shape index (κ3) is 5.21. The van der Waals surface area contributed by atoms with Crippen LogP contribution in [0.3, 0.4) is 0 Å². The quantitative estimate of drug-likeness (QED) is 0.170. The van der Waals surface area contributed by atoms with Crippen molar-refractivity contribution in [2.45, 2.75) is 38.5 Å². The Kier molecular flexibility index (Phi) is 7.52. The summed E-state index contributed by atoms with van der Waals surface area (Å²) in [6, 6.07) is 65.6. The summed E-state index contributed by atoms with van der Waals surface area (Å²) in [4.78, 5) is 15.9. The number of hydrogen-bond donors (Lipinski definition) is 0. The maximum atomic E-state index is 5.60. The fourth-order valence-electron chi connectivity index (χ4n) is 9.41. The Bertz CT molecular complexity index is 2860. The van der Waals surface area contributed by atoms with Gasteiger partial charge < -0.3 is 9.80 Å². The Balaban J connectivity index is 1.01. The lowest BCUT2D eigenvalue weighted by Crippen LogP contribution is -2.20. The molecule has 0 spiro atoms. The number of aromatic nitrogens is 2. The van der Waals surface area contributed by atoms with Crippen LogP contribution in [0.1, 0.15) is 50.2 Å². The van der Waals surface area contributed by atoms with E-state index < -0.39 is 0 Å². The minimum absolute atomic E-state index is 0.360. The molecule has 4 nitrogen and oxygen atoms in total. The molecule has 0 radical (unpaired) electrons. The molecular weight excluding hydrogens is 705 g/mol. The molecule has 0 saturated carbocycles. The molecular formula is C54H42N4. The molecule has 0 atom stereocenters. The lowest BCUT2D eigenvalue weighted by Gasteiger charge is -2.28. The van der Waals surface area contributed by atoms with Crippen LogP contribution in [0.5, 0.6) is 0 Å². The number of hydrogen-bond acceptors (Lipinski definition) is 4. The molecule has 1 heterocycles. The molecule has 1 aromatic heterocycles. The Morgan fingerprint density at radius 2 is 0.672 bits per heavy atom. The van der Waals surface area contributed by atoms with Gasteiger partial charge in [0.2, 0.25) is 0 Å². The lowest BCUT2D eigenvalue weighted by atomic mass is 9.84. The highest BCUT2D eigenvalue weighted by atomic mass is 15.1. The zero-order valence-corrected chi connectivity index (χ0v) is 33.1. The van der Waals surface area contributed by atoms with Crippen molar-refractivity contribution in [3.05, 3.63) is 205 Å². The second-order valence-electron chi connectivity index (χ2n) is 16.7. The molecule has 0 saturated heterocycles. The van der Waals surface area contributed by atoms with Crippen molar-refractivity contribution in [1.29, 1.82) is 0 Å². The summed E-state index contributed by atoms with van der Waals surface area (Å²) in [5.41, 5.74) is 14.8. The summed E-state index contributed by atoms with van der Waals surface area (Å²) in [6.45, 7) is 9.21. The summed E-state index contributed by atoms with van der Waals surface area (Å²) in [6.07, 6.45) is 0. The minimum Gasteiger partial charge on any atom is -0.310 e. The topological polar surface area (TPSA) is 32.3 Å². The molecule has 11 rings (SSSR count). The SMILES string of the molecule is CC1(C)c2cc(N(c3ccccc3)c3ccc4ccccc4c3)ccc2-c2nc3c(nc21)-c1ccc(N(c2ccccc2)c2ccc4ccccc4c2)cc1C3(C)C. The van der Waals surface area contributed by atoms with Gasteiger partial charge in [0.1, 0.15) is 0 Å². The van der Waals surface area contributed by atoms with Gasteiger partial charge in [0.25, 0.3) is 0 Å². The van der Waals surface area contributed by atoms with E-state index >= 15 is 0 Å². The van der Waals surface area contributed by atoms with Crippen molar-refractivity contribution in [1.82, 2.24) is 9.97 Å². The van der Waals surface area contributed by atoms with Crippen molar-refractivity contribution in [2.75, 3.05) is 9.80 Å². The minimum atomic E-state index is -0.360. The van der Waals surface area contributed by atoms with Gasteiger partial charge in [-0.15, -0.1) is 0 Å². The average molecular weight is 747 g/mol. The predicted octanol–water partition coefficient (Wildman–Crippen LogP) is 14.3. The van der Waals surface area contributed by atoms with Crippen LogP contribution < -0.4 is 9.80 Å². The molecule has 0 unspecified atom stereocenters. The standard InChI is InChI=1S/C54H42N4/c1-53(2)47-33-43(57(39-19-7-5-8-20-39)41-25-23-35-15-11-13-17-37(35)31-41)27-29-45(47)49-51(53)55-50-46-30-28-44(34-48(46)54(3,4)52(50)56-49)58(40-21-9-6-10-22-40)42-26-24-36-16-12-14-18-38(36)32-42/h5-34H,1-4H3. The van der Waals surface area contributed by atoms with Crippen LogP contribution in [0.15, 0.2) is 182 Å². The van der Waals surface area contributed by atoms with Crippen LogP contribution in [0.4, 0.5) is 34.1 Å².